The summed E-state index contributed by atoms with van der Waals surface area (Å²) in [4.78, 5) is 22.0. The van der Waals surface area contributed by atoms with E-state index >= 15 is 0 Å². The van der Waals surface area contributed by atoms with Crippen LogP contribution >= 0.6 is 0 Å². The molecule has 2 aromatic rings. The van der Waals surface area contributed by atoms with Crippen molar-refractivity contribution in [1.82, 2.24) is 9.97 Å². The minimum atomic E-state index is -0.327. The second kappa shape index (κ2) is 7.63. The van der Waals surface area contributed by atoms with Crippen molar-refractivity contribution < 1.29 is 9.53 Å². The van der Waals surface area contributed by atoms with Gasteiger partial charge in [0.1, 0.15) is 12.0 Å². The van der Waals surface area contributed by atoms with Crippen molar-refractivity contribution >= 4 is 29.0 Å². The highest BCUT2D eigenvalue weighted by molar-refractivity contribution is 5.90. The predicted octanol–water partition coefficient (Wildman–Crippen LogP) is 2.68. The fourth-order valence-corrected chi connectivity index (χ4v) is 1.99. The molecule has 0 radical (unpaired) electrons. The molecular formula is C17H23N5O2. The van der Waals surface area contributed by atoms with Gasteiger partial charge in [-0.15, -0.1) is 0 Å². The largest absolute Gasteiger partial charge is 0.462 e. The number of ether oxygens (including phenoxy) is 1. The molecule has 0 amide bonds. The van der Waals surface area contributed by atoms with E-state index in [0.29, 0.717) is 35.4 Å². The van der Waals surface area contributed by atoms with Crippen LogP contribution in [0.1, 0.15) is 24.2 Å². The zero-order chi connectivity index (χ0) is 17.7. The lowest BCUT2D eigenvalue weighted by molar-refractivity contribution is 0.0459. The maximum absolute atomic E-state index is 11.9. The van der Waals surface area contributed by atoms with Crippen LogP contribution in [-0.4, -0.2) is 36.6 Å². The molecule has 7 heteroatoms. The van der Waals surface area contributed by atoms with Gasteiger partial charge in [0, 0.05) is 19.8 Å². The third-order valence-corrected chi connectivity index (χ3v) is 3.22. The Hall–Kier alpha value is -2.83. The van der Waals surface area contributed by atoms with E-state index in [9.17, 15) is 4.79 Å². The van der Waals surface area contributed by atoms with Crippen LogP contribution in [0.4, 0.5) is 23.0 Å². The van der Waals surface area contributed by atoms with Gasteiger partial charge in [-0.05, 0) is 30.2 Å². The summed E-state index contributed by atoms with van der Waals surface area (Å²) in [5.41, 5.74) is 7.81. The quantitative estimate of drug-likeness (QED) is 0.787. The van der Waals surface area contributed by atoms with Crippen LogP contribution in [0.3, 0.4) is 0 Å². The molecule has 0 saturated carbocycles. The summed E-state index contributed by atoms with van der Waals surface area (Å²) in [6.45, 7) is 4.40. The van der Waals surface area contributed by atoms with Crippen LogP contribution in [0.2, 0.25) is 0 Å². The molecule has 1 aromatic heterocycles. The average molecular weight is 329 g/mol. The van der Waals surface area contributed by atoms with Crippen molar-refractivity contribution in [3.05, 3.63) is 36.2 Å². The van der Waals surface area contributed by atoms with Crippen LogP contribution in [0.5, 0.6) is 0 Å². The molecule has 0 aliphatic carbocycles. The first-order valence-corrected chi connectivity index (χ1v) is 7.70. The number of carbonyl (C=O) groups excluding carboxylic acids is 1. The molecule has 7 nitrogen and oxygen atoms in total. The lowest BCUT2D eigenvalue weighted by Crippen LogP contribution is -2.14. The summed E-state index contributed by atoms with van der Waals surface area (Å²) < 4.78 is 5.20. The second-order valence-corrected chi connectivity index (χ2v) is 6.05. The number of aromatic nitrogens is 2. The van der Waals surface area contributed by atoms with Crippen molar-refractivity contribution in [2.24, 2.45) is 5.92 Å². The van der Waals surface area contributed by atoms with Gasteiger partial charge >= 0.3 is 5.97 Å². The molecule has 0 unspecified atom stereocenters. The fourth-order valence-electron chi connectivity index (χ4n) is 1.99. The fraction of sp³-hybridized carbons (Fsp3) is 0.353. The molecular weight excluding hydrogens is 306 g/mol. The van der Waals surface area contributed by atoms with Crippen LogP contribution in [0.25, 0.3) is 0 Å². The normalized spacial score (nSPS) is 10.5. The monoisotopic (exact) mass is 329 g/mol. The molecule has 0 bridgehead atoms. The highest BCUT2D eigenvalue weighted by atomic mass is 16.5. The highest BCUT2D eigenvalue weighted by Crippen LogP contribution is 2.27. The van der Waals surface area contributed by atoms with Gasteiger partial charge in [-0.25, -0.2) is 14.8 Å². The molecule has 0 spiro atoms. The summed E-state index contributed by atoms with van der Waals surface area (Å²) >= 11 is 0. The Morgan fingerprint density at radius 3 is 2.50 bits per heavy atom. The van der Waals surface area contributed by atoms with Crippen molar-refractivity contribution in [1.29, 1.82) is 0 Å². The maximum atomic E-state index is 11.9. The van der Waals surface area contributed by atoms with E-state index in [2.05, 4.69) is 15.3 Å². The number of hydrogen-bond donors (Lipinski definition) is 2. The first kappa shape index (κ1) is 17.5. The standard InChI is InChI=1S/C17H23N5O2/c1-11(2)9-24-17(23)12-5-7-13(8-6-12)21-15-14(18)16(22(3)4)20-10-19-15/h5-8,10-11H,9,18H2,1-4H3,(H,19,20,21). The molecule has 0 aliphatic heterocycles. The Balaban J connectivity index is 2.10. The summed E-state index contributed by atoms with van der Waals surface area (Å²) in [6, 6.07) is 6.97. The van der Waals surface area contributed by atoms with E-state index < -0.39 is 0 Å². The maximum Gasteiger partial charge on any atom is 0.338 e. The van der Waals surface area contributed by atoms with Crippen molar-refractivity contribution in [3.8, 4) is 0 Å². The molecule has 128 valence electrons. The van der Waals surface area contributed by atoms with Crippen LogP contribution in [0, 0.1) is 5.92 Å². The number of nitrogens with one attached hydrogen (secondary N) is 1. The SMILES string of the molecule is CC(C)COC(=O)c1ccc(Nc2ncnc(N(C)C)c2N)cc1. The number of nitrogens with two attached hydrogens (primary N) is 1. The summed E-state index contributed by atoms with van der Waals surface area (Å²) in [5.74, 6) is 1.14. The Labute approximate surface area is 141 Å². The van der Waals surface area contributed by atoms with Crippen LogP contribution < -0.4 is 16.0 Å². The third kappa shape index (κ3) is 4.34. The molecule has 0 fully saturated rings. The number of hydrogen-bond acceptors (Lipinski definition) is 7. The smallest absolute Gasteiger partial charge is 0.338 e. The predicted molar refractivity (Wildman–Crippen MR) is 95.6 cm³/mol. The number of nitrogens with zero attached hydrogens (tertiary/aromatic N) is 3. The first-order valence-electron chi connectivity index (χ1n) is 7.70. The molecule has 0 aliphatic rings. The van der Waals surface area contributed by atoms with Gasteiger partial charge in [0.2, 0.25) is 0 Å². The zero-order valence-corrected chi connectivity index (χ0v) is 14.4. The molecule has 0 atom stereocenters. The molecule has 24 heavy (non-hydrogen) atoms. The van der Waals surface area contributed by atoms with E-state index in [1.54, 1.807) is 24.3 Å². The van der Waals surface area contributed by atoms with Gasteiger partial charge in [-0.1, -0.05) is 13.8 Å². The van der Waals surface area contributed by atoms with E-state index in [1.807, 2.05) is 32.8 Å². The number of esters is 1. The molecule has 3 N–H and O–H groups in total. The van der Waals surface area contributed by atoms with Crippen molar-refractivity contribution in [3.63, 3.8) is 0 Å². The van der Waals surface area contributed by atoms with E-state index in [-0.39, 0.29) is 5.97 Å². The van der Waals surface area contributed by atoms with Gasteiger partial charge in [0.15, 0.2) is 11.6 Å². The number of rotatable bonds is 6. The van der Waals surface area contributed by atoms with E-state index in [4.69, 9.17) is 10.5 Å². The minimum Gasteiger partial charge on any atom is -0.462 e. The Morgan fingerprint density at radius 2 is 1.92 bits per heavy atom. The summed E-state index contributed by atoms with van der Waals surface area (Å²) in [6.07, 6.45) is 1.45. The lowest BCUT2D eigenvalue weighted by Gasteiger charge is -2.16. The number of nitrogen functional groups attached to an aromatic ring is 1. The van der Waals surface area contributed by atoms with Gasteiger partial charge in [0.05, 0.1) is 12.2 Å². The third-order valence-electron chi connectivity index (χ3n) is 3.22. The molecule has 2 rings (SSSR count). The molecule has 1 aromatic carbocycles. The topological polar surface area (TPSA) is 93.4 Å². The molecule has 0 saturated heterocycles. The average Bonchev–Trinajstić information content (AvgIpc) is 2.55. The zero-order valence-electron chi connectivity index (χ0n) is 14.4. The minimum absolute atomic E-state index is 0.307. The lowest BCUT2D eigenvalue weighted by atomic mass is 10.2. The van der Waals surface area contributed by atoms with Crippen molar-refractivity contribution in [2.75, 3.05) is 36.7 Å². The summed E-state index contributed by atoms with van der Waals surface area (Å²) in [7, 11) is 3.72. The van der Waals surface area contributed by atoms with Crippen LogP contribution in [-0.2, 0) is 4.74 Å². The highest BCUT2D eigenvalue weighted by Gasteiger charge is 2.11. The number of anilines is 4. The first-order chi connectivity index (χ1) is 11.4. The Bertz CT molecular complexity index is 699. The van der Waals surface area contributed by atoms with Gasteiger partial charge in [-0.2, -0.15) is 0 Å². The van der Waals surface area contributed by atoms with Crippen molar-refractivity contribution in [2.45, 2.75) is 13.8 Å². The van der Waals surface area contributed by atoms with E-state index in [0.717, 1.165) is 5.69 Å². The van der Waals surface area contributed by atoms with Gasteiger partial charge in [0.25, 0.3) is 0 Å². The van der Waals surface area contributed by atoms with E-state index in [1.165, 1.54) is 6.33 Å². The Kier molecular flexibility index (Phi) is 5.57. The number of carbonyl (C=O) groups is 1. The van der Waals surface area contributed by atoms with Crippen LogP contribution in [0.15, 0.2) is 30.6 Å². The molecule has 1 heterocycles. The van der Waals surface area contributed by atoms with Gasteiger partial charge < -0.3 is 20.7 Å². The Morgan fingerprint density at radius 1 is 1.25 bits per heavy atom. The second-order valence-electron chi connectivity index (χ2n) is 6.05. The summed E-state index contributed by atoms with van der Waals surface area (Å²) in [5, 5.41) is 3.13. The van der Waals surface area contributed by atoms with Gasteiger partial charge in [-0.3, -0.25) is 0 Å². The number of benzene rings is 1.